The van der Waals surface area contributed by atoms with Crippen molar-refractivity contribution in [2.45, 2.75) is 0 Å². The lowest BCUT2D eigenvalue weighted by Gasteiger charge is -1.82. The lowest BCUT2D eigenvalue weighted by molar-refractivity contribution is -0.131. The largest absolute Gasteiger partial charge is 0.478 e. The standard InChI is InChI=1S/C10H10O3S/c11-5-1-2-8-6-9(14-7-8)3-4-10(12)13/h1-4,6-7,11H,5H2,(H,12,13)/b2-1?,4-3+. The first kappa shape index (κ1) is 10.7. The van der Waals surface area contributed by atoms with E-state index in [1.807, 2.05) is 11.4 Å². The lowest BCUT2D eigenvalue weighted by atomic mass is 10.3. The third-order valence-corrected chi connectivity index (χ3v) is 2.36. The molecular weight excluding hydrogens is 200 g/mol. The quantitative estimate of drug-likeness (QED) is 0.746. The van der Waals surface area contributed by atoms with E-state index in [2.05, 4.69) is 0 Å². The van der Waals surface area contributed by atoms with Gasteiger partial charge in [0.1, 0.15) is 0 Å². The van der Waals surface area contributed by atoms with Crippen molar-refractivity contribution >= 4 is 29.5 Å². The Kier molecular flexibility index (Phi) is 4.10. The van der Waals surface area contributed by atoms with Crippen molar-refractivity contribution < 1.29 is 15.0 Å². The topological polar surface area (TPSA) is 57.5 Å². The number of aliphatic carboxylic acids is 1. The van der Waals surface area contributed by atoms with E-state index in [1.54, 1.807) is 18.2 Å². The molecule has 1 aromatic heterocycles. The first-order valence-electron chi connectivity index (χ1n) is 3.99. The Hall–Kier alpha value is -1.39. The van der Waals surface area contributed by atoms with Gasteiger partial charge in [0.25, 0.3) is 0 Å². The molecule has 0 aliphatic heterocycles. The van der Waals surface area contributed by atoms with Gasteiger partial charge in [-0.25, -0.2) is 4.79 Å². The second kappa shape index (κ2) is 5.36. The van der Waals surface area contributed by atoms with Crippen LogP contribution in [0.5, 0.6) is 0 Å². The molecule has 0 fully saturated rings. The first-order valence-corrected chi connectivity index (χ1v) is 4.87. The molecule has 0 spiro atoms. The fourth-order valence-electron chi connectivity index (χ4n) is 0.885. The Labute approximate surface area is 85.6 Å². The van der Waals surface area contributed by atoms with Crippen LogP contribution in [0.1, 0.15) is 10.4 Å². The molecule has 74 valence electrons. The van der Waals surface area contributed by atoms with Gasteiger partial charge in [0.2, 0.25) is 0 Å². The highest BCUT2D eigenvalue weighted by molar-refractivity contribution is 7.11. The molecule has 0 aromatic carbocycles. The van der Waals surface area contributed by atoms with Crippen LogP contribution in [0.25, 0.3) is 12.2 Å². The Morgan fingerprint density at radius 3 is 2.93 bits per heavy atom. The van der Waals surface area contributed by atoms with Crippen LogP contribution < -0.4 is 0 Å². The van der Waals surface area contributed by atoms with Crippen LogP contribution in [0.15, 0.2) is 23.6 Å². The summed E-state index contributed by atoms with van der Waals surface area (Å²) >= 11 is 1.46. The molecule has 0 bridgehead atoms. The Morgan fingerprint density at radius 2 is 2.29 bits per heavy atom. The summed E-state index contributed by atoms with van der Waals surface area (Å²) in [4.78, 5) is 11.1. The molecule has 0 aliphatic rings. The smallest absolute Gasteiger partial charge is 0.328 e. The summed E-state index contributed by atoms with van der Waals surface area (Å²) in [5.41, 5.74) is 0.967. The normalized spacial score (nSPS) is 11.5. The molecule has 4 heteroatoms. The highest BCUT2D eigenvalue weighted by atomic mass is 32.1. The van der Waals surface area contributed by atoms with Crippen molar-refractivity contribution in [2.24, 2.45) is 0 Å². The monoisotopic (exact) mass is 210 g/mol. The fraction of sp³-hybridized carbons (Fsp3) is 0.100. The van der Waals surface area contributed by atoms with Crippen molar-refractivity contribution in [3.8, 4) is 0 Å². The second-order valence-electron chi connectivity index (χ2n) is 2.54. The van der Waals surface area contributed by atoms with Gasteiger partial charge in [-0.2, -0.15) is 0 Å². The summed E-state index contributed by atoms with van der Waals surface area (Å²) in [6.45, 7) is 0.0101. The SMILES string of the molecule is O=C(O)/C=C/c1cc(C=CCO)cs1. The van der Waals surface area contributed by atoms with Crippen LogP contribution in [-0.4, -0.2) is 22.8 Å². The Bertz CT molecular complexity index is 363. The van der Waals surface area contributed by atoms with Gasteiger partial charge in [0.15, 0.2) is 0 Å². The summed E-state index contributed by atoms with van der Waals surface area (Å²) < 4.78 is 0. The predicted molar refractivity (Wildman–Crippen MR) is 57.1 cm³/mol. The minimum absolute atomic E-state index is 0.0101. The summed E-state index contributed by atoms with van der Waals surface area (Å²) in [6, 6.07) is 1.86. The minimum atomic E-state index is -0.953. The van der Waals surface area contributed by atoms with Gasteiger partial charge in [-0.1, -0.05) is 12.2 Å². The number of carboxylic acid groups (broad SMARTS) is 1. The molecule has 3 nitrogen and oxygen atoms in total. The van der Waals surface area contributed by atoms with Crippen molar-refractivity contribution in [3.05, 3.63) is 34.0 Å². The van der Waals surface area contributed by atoms with Crippen LogP contribution in [0.4, 0.5) is 0 Å². The molecule has 0 radical (unpaired) electrons. The van der Waals surface area contributed by atoms with Crippen molar-refractivity contribution in [3.63, 3.8) is 0 Å². The first-order chi connectivity index (χ1) is 6.72. The third-order valence-electron chi connectivity index (χ3n) is 1.45. The molecule has 2 N–H and O–H groups in total. The second-order valence-corrected chi connectivity index (χ2v) is 3.48. The summed E-state index contributed by atoms with van der Waals surface area (Å²) in [5.74, 6) is -0.953. The zero-order valence-corrected chi connectivity index (χ0v) is 8.20. The van der Waals surface area contributed by atoms with Gasteiger partial charge in [0.05, 0.1) is 6.61 Å². The molecule has 0 amide bonds. The highest BCUT2D eigenvalue weighted by Crippen LogP contribution is 2.17. The zero-order valence-electron chi connectivity index (χ0n) is 7.38. The number of rotatable bonds is 4. The van der Waals surface area contributed by atoms with Gasteiger partial charge < -0.3 is 10.2 Å². The number of aliphatic hydroxyl groups is 1. The van der Waals surface area contributed by atoms with Gasteiger partial charge >= 0.3 is 5.97 Å². The molecule has 0 atom stereocenters. The maximum absolute atomic E-state index is 10.2. The van der Waals surface area contributed by atoms with Crippen molar-refractivity contribution in [2.75, 3.05) is 6.61 Å². The molecule has 1 heterocycles. The molecule has 0 saturated heterocycles. The summed E-state index contributed by atoms with van der Waals surface area (Å²) in [7, 11) is 0. The van der Waals surface area contributed by atoms with Gasteiger partial charge in [0, 0.05) is 11.0 Å². The number of hydrogen-bond donors (Lipinski definition) is 2. The zero-order chi connectivity index (χ0) is 10.4. The van der Waals surface area contributed by atoms with E-state index in [0.29, 0.717) is 0 Å². The van der Waals surface area contributed by atoms with Crippen molar-refractivity contribution in [1.29, 1.82) is 0 Å². The van der Waals surface area contributed by atoms with E-state index in [0.717, 1.165) is 16.5 Å². The predicted octanol–water partition coefficient (Wildman–Crippen LogP) is 1.85. The van der Waals surface area contributed by atoms with Gasteiger partial charge in [-0.3, -0.25) is 0 Å². The third kappa shape index (κ3) is 3.55. The van der Waals surface area contributed by atoms with Crippen LogP contribution in [-0.2, 0) is 4.79 Å². The fourth-order valence-corrected chi connectivity index (χ4v) is 1.65. The number of carbonyl (C=O) groups is 1. The summed E-state index contributed by atoms with van der Waals surface area (Å²) in [5, 5.41) is 18.8. The van der Waals surface area contributed by atoms with Crippen molar-refractivity contribution in [1.82, 2.24) is 0 Å². The molecule has 1 rings (SSSR count). The molecule has 14 heavy (non-hydrogen) atoms. The highest BCUT2D eigenvalue weighted by Gasteiger charge is 1.94. The van der Waals surface area contributed by atoms with Crippen LogP contribution in [0.2, 0.25) is 0 Å². The van der Waals surface area contributed by atoms with Gasteiger partial charge in [-0.05, 0) is 23.1 Å². The van der Waals surface area contributed by atoms with E-state index >= 15 is 0 Å². The molecule has 0 saturated carbocycles. The number of hydrogen-bond acceptors (Lipinski definition) is 3. The van der Waals surface area contributed by atoms with Crippen LogP contribution in [0, 0.1) is 0 Å². The van der Waals surface area contributed by atoms with E-state index in [4.69, 9.17) is 10.2 Å². The van der Waals surface area contributed by atoms with E-state index < -0.39 is 5.97 Å². The lowest BCUT2D eigenvalue weighted by Crippen LogP contribution is -1.84. The molecule has 0 unspecified atom stereocenters. The average molecular weight is 210 g/mol. The Balaban J connectivity index is 2.68. The van der Waals surface area contributed by atoms with Crippen LogP contribution in [0.3, 0.4) is 0 Å². The van der Waals surface area contributed by atoms with E-state index in [-0.39, 0.29) is 6.61 Å². The van der Waals surface area contributed by atoms with Gasteiger partial charge in [-0.15, -0.1) is 11.3 Å². The maximum Gasteiger partial charge on any atom is 0.328 e. The minimum Gasteiger partial charge on any atom is -0.478 e. The average Bonchev–Trinajstić information content (AvgIpc) is 2.59. The van der Waals surface area contributed by atoms with E-state index in [1.165, 1.54) is 11.3 Å². The molecule has 0 aliphatic carbocycles. The molecular formula is C10H10O3S. The number of carboxylic acids is 1. The summed E-state index contributed by atoms with van der Waals surface area (Å²) in [6.07, 6.45) is 6.07. The van der Waals surface area contributed by atoms with Crippen LogP contribution >= 0.6 is 11.3 Å². The molecule has 1 aromatic rings. The maximum atomic E-state index is 10.2. The Morgan fingerprint density at radius 1 is 1.50 bits per heavy atom. The van der Waals surface area contributed by atoms with E-state index in [9.17, 15) is 4.79 Å². The number of thiophene rings is 1. The number of aliphatic hydroxyl groups excluding tert-OH is 1.